The Hall–Kier alpha value is -2.33. The number of ether oxygens (including phenoxy) is 1. The molecule has 1 saturated heterocycles. The summed E-state index contributed by atoms with van der Waals surface area (Å²) in [6.07, 6.45) is 0.985. The summed E-state index contributed by atoms with van der Waals surface area (Å²) in [5.74, 6) is 1.33. The van der Waals surface area contributed by atoms with Gasteiger partial charge in [-0.05, 0) is 48.7 Å². The van der Waals surface area contributed by atoms with Crippen molar-refractivity contribution in [1.29, 1.82) is 0 Å². The lowest BCUT2D eigenvalue weighted by molar-refractivity contribution is 0.0746. The van der Waals surface area contributed by atoms with Gasteiger partial charge in [-0.15, -0.1) is 0 Å². The third kappa shape index (κ3) is 3.29. The molecule has 4 heteroatoms. The molecule has 1 heterocycles. The molecule has 1 aliphatic rings. The van der Waals surface area contributed by atoms with Crippen LogP contribution in [0.2, 0.25) is 0 Å². The van der Waals surface area contributed by atoms with E-state index in [4.69, 9.17) is 10.5 Å². The van der Waals surface area contributed by atoms with Gasteiger partial charge in [0, 0.05) is 30.6 Å². The quantitative estimate of drug-likeness (QED) is 0.940. The Morgan fingerprint density at radius 2 is 1.83 bits per heavy atom. The number of methoxy groups -OCH3 is 1. The van der Waals surface area contributed by atoms with Crippen molar-refractivity contribution in [2.45, 2.75) is 31.8 Å². The van der Waals surface area contributed by atoms with Crippen molar-refractivity contribution in [3.63, 3.8) is 0 Å². The largest absolute Gasteiger partial charge is 0.497 e. The molecule has 3 rings (SSSR count). The van der Waals surface area contributed by atoms with Crippen molar-refractivity contribution in [3.05, 3.63) is 65.2 Å². The second kappa shape index (κ2) is 7.05. The molecule has 2 atom stereocenters. The normalized spacial score (nSPS) is 20.2. The zero-order valence-electron chi connectivity index (χ0n) is 14.2. The molecule has 2 aromatic rings. The average Bonchev–Trinajstić information content (AvgIpc) is 3.03. The molecule has 0 radical (unpaired) electrons. The van der Waals surface area contributed by atoms with E-state index >= 15 is 0 Å². The van der Waals surface area contributed by atoms with Gasteiger partial charge >= 0.3 is 0 Å². The first-order chi connectivity index (χ1) is 11.6. The lowest BCUT2D eigenvalue weighted by Gasteiger charge is -2.21. The molecule has 4 nitrogen and oxygen atoms in total. The molecule has 0 aliphatic carbocycles. The summed E-state index contributed by atoms with van der Waals surface area (Å²) in [5, 5.41) is 0. The van der Waals surface area contributed by atoms with Gasteiger partial charge in [0.05, 0.1) is 7.11 Å². The highest BCUT2D eigenvalue weighted by molar-refractivity contribution is 5.94. The molecule has 0 spiro atoms. The molecule has 126 valence electrons. The van der Waals surface area contributed by atoms with Crippen molar-refractivity contribution in [2.75, 3.05) is 13.7 Å². The summed E-state index contributed by atoms with van der Waals surface area (Å²) in [4.78, 5) is 14.8. The number of hydrogen-bond donors (Lipinski definition) is 1. The van der Waals surface area contributed by atoms with Gasteiger partial charge in [0.2, 0.25) is 0 Å². The van der Waals surface area contributed by atoms with Crippen molar-refractivity contribution in [2.24, 2.45) is 5.73 Å². The van der Waals surface area contributed by atoms with Crippen LogP contribution in [0.5, 0.6) is 5.75 Å². The Morgan fingerprint density at radius 3 is 2.42 bits per heavy atom. The average molecular weight is 324 g/mol. The van der Waals surface area contributed by atoms with Crippen molar-refractivity contribution in [3.8, 4) is 5.75 Å². The Balaban J connectivity index is 1.73. The number of carbonyl (C=O) groups excluding carboxylic acids is 1. The predicted molar refractivity (Wildman–Crippen MR) is 95.2 cm³/mol. The molecule has 0 saturated carbocycles. The third-order valence-corrected chi connectivity index (χ3v) is 4.86. The van der Waals surface area contributed by atoms with Crippen LogP contribution >= 0.6 is 0 Å². The van der Waals surface area contributed by atoms with Crippen LogP contribution in [-0.4, -0.2) is 30.5 Å². The van der Waals surface area contributed by atoms with Gasteiger partial charge in [-0.25, -0.2) is 0 Å². The van der Waals surface area contributed by atoms with E-state index in [-0.39, 0.29) is 11.9 Å². The maximum Gasteiger partial charge on any atom is 0.254 e. The van der Waals surface area contributed by atoms with E-state index in [1.54, 1.807) is 7.11 Å². The predicted octanol–water partition coefficient (Wildman–Crippen LogP) is 3.17. The van der Waals surface area contributed by atoms with E-state index in [1.807, 2.05) is 41.3 Å². The molecule has 24 heavy (non-hydrogen) atoms. The highest BCUT2D eigenvalue weighted by Gasteiger charge is 2.33. The molecule has 0 unspecified atom stereocenters. The summed E-state index contributed by atoms with van der Waals surface area (Å²) in [6, 6.07) is 16.0. The number of amides is 1. The van der Waals surface area contributed by atoms with Gasteiger partial charge in [-0.1, -0.05) is 24.3 Å². The van der Waals surface area contributed by atoms with Crippen molar-refractivity contribution in [1.82, 2.24) is 4.90 Å². The van der Waals surface area contributed by atoms with E-state index in [0.717, 1.165) is 29.8 Å². The van der Waals surface area contributed by atoms with Crippen molar-refractivity contribution < 1.29 is 9.53 Å². The SMILES string of the molecule is COc1ccc([C@H]2C[C@H](C)N(C(=O)c3ccc(CN)cc3)C2)cc1. The minimum atomic E-state index is 0.0992. The molecule has 1 amide bonds. The number of benzene rings is 2. The first-order valence-electron chi connectivity index (χ1n) is 8.36. The third-order valence-electron chi connectivity index (χ3n) is 4.86. The van der Waals surface area contributed by atoms with E-state index in [0.29, 0.717) is 12.5 Å². The first-order valence-corrected chi connectivity index (χ1v) is 8.36. The number of hydrogen-bond acceptors (Lipinski definition) is 3. The molecule has 0 aromatic heterocycles. The molecule has 2 N–H and O–H groups in total. The number of carbonyl (C=O) groups is 1. The summed E-state index contributed by atoms with van der Waals surface area (Å²) in [6.45, 7) is 3.37. The minimum absolute atomic E-state index is 0.0992. The van der Waals surface area contributed by atoms with Crippen LogP contribution in [0.15, 0.2) is 48.5 Å². The molecule has 1 aliphatic heterocycles. The maximum atomic E-state index is 12.8. The standard InChI is InChI=1S/C20H24N2O2/c1-14-11-18(16-7-9-19(24-2)10-8-16)13-22(14)20(23)17-5-3-15(12-21)4-6-17/h3-10,14,18H,11-13,21H2,1-2H3/t14-,18-/m0/s1. The van der Waals surface area contributed by atoms with Gasteiger partial charge in [0.25, 0.3) is 5.91 Å². The fourth-order valence-corrected chi connectivity index (χ4v) is 3.38. The zero-order valence-corrected chi connectivity index (χ0v) is 14.2. The second-order valence-corrected chi connectivity index (χ2v) is 6.41. The highest BCUT2D eigenvalue weighted by atomic mass is 16.5. The van der Waals surface area contributed by atoms with Gasteiger partial charge in [0.1, 0.15) is 5.75 Å². The van der Waals surface area contributed by atoms with E-state index < -0.39 is 0 Å². The fraction of sp³-hybridized carbons (Fsp3) is 0.350. The summed E-state index contributed by atoms with van der Waals surface area (Å²) >= 11 is 0. The Bertz CT molecular complexity index is 695. The van der Waals surface area contributed by atoms with Crippen LogP contribution in [0.1, 0.15) is 40.7 Å². The Morgan fingerprint density at radius 1 is 1.17 bits per heavy atom. The maximum absolute atomic E-state index is 12.8. The topological polar surface area (TPSA) is 55.6 Å². The summed E-state index contributed by atoms with van der Waals surface area (Å²) < 4.78 is 5.22. The van der Waals surface area contributed by atoms with Crippen LogP contribution in [-0.2, 0) is 6.54 Å². The van der Waals surface area contributed by atoms with E-state index in [9.17, 15) is 4.79 Å². The van der Waals surface area contributed by atoms with E-state index in [2.05, 4.69) is 19.1 Å². The number of nitrogens with zero attached hydrogens (tertiary/aromatic N) is 1. The monoisotopic (exact) mass is 324 g/mol. The van der Waals surface area contributed by atoms with Crippen LogP contribution in [0.3, 0.4) is 0 Å². The molecular formula is C20H24N2O2. The van der Waals surface area contributed by atoms with Gasteiger partial charge < -0.3 is 15.4 Å². The highest BCUT2D eigenvalue weighted by Crippen LogP contribution is 2.33. The van der Waals surface area contributed by atoms with Gasteiger partial charge in [0.15, 0.2) is 0 Å². The lowest BCUT2D eigenvalue weighted by atomic mass is 9.97. The Kier molecular flexibility index (Phi) is 4.86. The van der Waals surface area contributed by atoms with Crippen LogP contribution in [0.25, 0.3) is 0 Å². The minimum Gasteiger partial charge on any atom is -0.497 e. The number of rotatable bonds is 4. The Labute approximate surface area is 143 Å². The second-order valence-electron chi connectivity index (χ2n) is 6.41. The summed E-state index contributed by atoms with van der Waals surface area (Å²) in [5.41, 5.74) is 8.65. The first kappa shape index (κ1) is 16.5. The summed E-state index contributed by atoms with van der Waals surface area (Å²) in [7, 11) is 1.67. The van der Waals surface area contributed by atoms with Crippen LogP contribution in [0, 0.1) is 0 Å². The van der Waals surface area contributed by atoms with E-state index in [1.165, 1.54) is 5.56 Å². The van der Waals surface area contributed by atoms with Gasteiger partial charge in [-0.3, -0.25) is 4.79 Å². The molecule has 1 fully saturated rings. The molecule has 2 aromatic carbocycles. The number of likely N-dealkylation sites (tertiary alicyclic amines) is 1. The lowest BCUT2D eigenvalue weighted by Crippen LogP contribution is -2.33. The zero-order chi connectivity index (χ0) is 17.1. The van der Waals surface area contributed by atoms with Gasteiger partial charge in [-0.2, -0.15) is 0 Å². The van der Waals surface area contributed by atoms with Crippen molar-refractivity contribution >= 4 is 5.91 Å². The van der Waals surface area contributed by atoms with Crippen LogP contribution < -0.4 is 10.5 Å². The molecule has 0 bridgehead atoms. The fourth-order valence-electron chi connectivity index (χ4n) is 3.38. The number of nitrogens with two attached hydrogens (primary N) is 1. The van der Waals surface area contributed by atoms with Crippen LogP contribution in [0.4, 0.5) is 0 Å². The molecular weight excluding hydrogens is 300 g/mol. The smallest absolute Gasteiger partial charge is 0.254 e.